The maximum absolute atomic E-state index is 12.2. The highest BCUT2D eigenvalue weighted by Gasteiger charge is 2.31. The first kappa shape index (κ1) is 17.1. The lowest BCUT2D eigenvalue weighted by Gasteiger charge is -2.34. The van der Waals surface area contributed by atoms with Crippen molar-refractivity contribution in [2.45, 2.75) is 19.8 Å². The molecule has 0 bridgehead atoms. The summed E-state index contributed by atoms with van der Waals surface area (Å²) >= 11 is 0. The number of benzene rings is 1. The summed E-state index contributed by atoms with van der Waals surface area (Å²) in [6.07, 6.45) is 1.29. The summed E-state index contributed by atoms with van der Waals surface area (Å²) in [7, 11) is 1.62. The highest BCUT2D eigenvalue weighted by atomic mass is 16.5. The summed E-state index contributed by atoms with van der Waals surface area (Å²) in [6.45, 7) is 3.34. The number of likely N-dealkylation sites (tertiary alicyclic amines) is 1. The summed E-state index contributed by atoms with van der Waals surface area (Å²) < 4.78 is 5.29. The van der Waals surface area contributed by atoms with E-state index in [2.05, 4.69) is 5.32 Å². The van der Waals surface area contributed by atoms with E-state index in [9.17, 15) is 9.59 Å². The zero-order valence-electron chi connectivity index (χ0n) is 13.6. The molecule has 126 valence electrons. The van der Waals surface area contributed by atoms with Crippen molar-refractivity contribution in [3.8, 4) is 5.75 Å². The summed E-state index contributed by atoms with van der Waals surface area (Å²) in [5.74, 6) is -0.300. The van der Waals surface area contributed by atoms with Crippen LogP contribution in [0.15, 0.2) is 24.3 Å². The normalized spacial score (nSPS) is 20.9. The van der Waals surface area contributed by atoms with E-state index < -0.39 is 11.9 Å². The molecule has 2 N–H and O–H groups in total. The zero-order chi connectivity index (χ0) is 16.8. The number of methoxy groups -OCH3 is 1. The first-order valence-corrected chi connectivity index (χ1v) is 7.88. The van der Waals surface area contributed by atoms with Crippen LogP contribution in [-0.4, -0.2) is 48.8 Å². The molecular formula is C17H24N2O4. The van der Waals surface area contributed by atoms with Gasteiger partial charge in [0.1, 0.15) is 5.75 Å². The van der Waals surface area contributed by atoms with Gasteiger partial charge in [-0.05, 0) is 30.4 Å². The maximum atomic E-state index is 12.2. The van der Waals surface area contributed by atoms with Crippen molar-refractivity contribution in [3.05, 3.63) is 29.8 Å². The molecule has 2 unspecified atom stereocenters. The molecule has 2 atom stereocenters. The van der Waals surface area contributed by atoms with Gasteiger partial charge < -0.3 is 20.1 Å². The van der Waals surface area contributed by atoms with Crippen molar-refractivity contribution in [1.82, 2.24) is 10.2 Å². The van der Waals surface area contributed by atoms with E-state index in [-0.39, 0.29) is 18.5 Å². The molecule has 0 saturated carbocycles. The molecule has 1 aliphatic rings. The number of carbonyl (C=O) groups excluding carboxylic acids is 1. The van der Waals surface area contributed by atoms with Crippen LogP contribution in [0.2, 0.25) is 0 Å². The fraction of sp³-hybridized carbons (Fsp3) is 0.529. The van der Waals surface area contributed by atoms with Crippen LogP contribution < -0.4 is 10.1 Å². The average molecular weight is 320 g/mol. The molecule has 1 aromatic carbocycles. The van der Waals surface area contributed by atoms with Gasteiger partial charge in [0.15, 0.2) is 0 Å². The Morgan fingerprint density at radius 2 is 2.09 bits per heavy atom. The number of carboxylic acids is 1. The van der Waals surface area contributed by atoms with Crippen molar-refractivity contribution < 1.29 is 19.4 Å². The van der Waals surface area contributed by atoms with E-state index >= 15 is 0 Å². The molecule has 1 fully saturated rings. The van der Waals surface area contributed by atoms with E-state index in [1.165, 1.54) is 0 Å². The van der Waals surface area contributed by atoms with Gasteiger partial charge in [-0.2, -0.15) is 0 Å². The van der Waals surface area contributed by atoms with E-state index in [1.807, 2.05) is 31.2 Å². The summed E-state index contributed by atoms with van der Waals surface area (Å²) in [4.78, 5) is 25.0. The van der Waals surface area contributed by atoms with Crippen LogP contribution in [0.3, 0.4) is 0 Å². The topological polar surface area (TPSA) is 78.9 Å². The van der Waals surface area contributed by atoms with Gasteiger partial charge in [0.2, 0.25) is 0 Å². The molecule has 2 amide bonds. The number of urea groups is 1. The molecule has 23 heavy (non-hydrogen) atoms. The van der Waals surface area contributed by atoms with E-state index in [0.29, 0.717) is 25.9 Å². The van der Waals surface area contributed by atoms with Crippen LogP contribution in [0.5, 0.6) is 5.75 Å². The monoisotopic (exact) mass is 320 g/mol. The lowest BCUT2D eigenvalue weighted by Crippen LogP contribution is -2.49. The molecule has 6 nitrogen and oxygen atoms in total. The number of hydrogen-bond donors (Lipinski definition) is 2. The Bertz CT molecular complexity index is 561. The smallest absolute Gasteiger partial charge is 0.317 e. The fourth-order valence-electron chi connectivity index (χ4n) is 3.02. The summed E-state index contributed by atoms with van der Waals surface area (Å²) in [5, 5.41) is 12.0. The second kappa shape index (κ2) is 7.85. The van der Waals surface area contributed by atoms with E-state index in [0.717, 1.165) is 11.3 Å². The first-order valence-electron chi connectivity index (χ1n) is 7.88. The van der Waals surface area contributed by atoms with E-state index in [4.69, 9.17) is 9.84 Å². The highest BCUT2D eigenvalue weighted by molar-refractivity contribution is 5.76. The van der Waals surface area contributed by atoms with Crippen LogP contribution in [-0.2, 0) is 11.2 Å². The van der Waals surface area contributed by atoms with Gasteiger partial charge in [-0.15, -0.1) is 0 Å². The minimum atomic E-state index is -0.830. The van der Waals surface area contributed by atoms with Crippen LogP contribution in [0.1, 0.15) is 18.9 Å². The molecular weight excluding hydrogens is 296 g/mol. The summed E-state index contributed by atoms with van der Waals surface area (Å²) in [5.41, 5.74) is 1.03. The lowest BCUT2D eigenvalue weighted by molar-refractivity contribution is -0.143. The molecule has 1 saturated heterocycles. The Hall–Kier alpha value is -2.24. The Labute approximate surface area is 136 Å². The number of nitrogens with zero attached hydrogens (tertiary/aromatic N) is 1. The largest absolute Gasteiger partial charge is 0.496 e. The second-order valence-corrected chi connectivity index (χ2v) is 6.07. The first-order chi connectivity index (χ1) is 11.0. The summed E-state index contributed by atoms with van der Waals surface area (Å²) in [6, 6.07) is 7.50. The Balaban J connectivity index is 1.85. The minimum absolute atomic E-state index is 0.197. The van der Waals surface area contributed by atoms with Gasteiger partial charge >= 0.3 is 12.0 Å². The molecule has 0 radical (unpaired) electrons. The highest BCUT2D eigenvalue weighted by Crippen LogP contribution is 2.22. The molecule has 1 aliphatic heterocycles. The number of ether oxygens (including phenoxy) is 1. The Morgan fingerprint density at radius 3 is 2.78 bits per heavy atom. The number of carbonyl (C=O) groups is 2. The SMILES string of the molecule is COc1ccccc1CCNC(=O)N1CC(C)CC(C(=O)O)C1. The number of rotatable bonds is 5. The van der Waals surface area contributed by atoms with Crippen molar-refractivity contribution in [3.63, 3.8) is 0 Å². The van der Waals surface area contributed by atoms with Gasteiger partial charge in [0.25, 0.3) is 0 Å². The van der Waals surface area contributed by atoms with Crippen molar-refractivity contribution in [2.75, 3.05) is 26.7 Å². The minimum Gasteiger partial charge on any atom is -0.496 e. The van der Waals surface area contributed by atoms with Crippen LogP contribution >= 0.6 is 0 Å². The predicted molar refractivity (Wildman–Crippen MR) is 86.6 cm³/mol. The number of hydrogen-bond acceptors (Lipinski definition) is 3. The molecule has 1 heterocycles. The molecule has 0 aromatic heterocycles. The van der Waals surface area contributed by atoms with E-state index in [1.54, 1.807) is 12.0 Å². The number of aliphatic carboxylic acids is 1. The van der Waals surface area contributed by atoms with Crippen LogP contribution in [0.4, 0.5) is 4.79 Å². The molecule has 1 aromatic rings. The number of amides is 2. The van der Waals surface area contributed by atoms with Crippen molar-refractivity contribution >= 4 is 12.0 Å². The maximum Gasteiger partial charge on any atom is 0.317 e. The van der Waals surface area contributed by atoms with Crippen molar-refractivity contribution in [1.29, 1.82) is 0 Å². The molecule has 0 aliphatic carbocycles. The molecule has 0 spiro atoms. The number of para-hydroxylation sites is 1. The number of nitrogens with one attached hydrogen (secondary N) is 1. The van der Waals surface area contributed by atoms with Gasteiger partial charge in [-0.25, -0.2) is 4.79 Å². The van der Waals surface area contributed by atoms with Crippen molar-refractivity contribution in [2.24, 2.45) is 11.8 Å². The predicted octanol–water partition coefficient (Wildman–Crippen LogP) is 1.99. The van der Waals surface area contributed by atoms with Crippen LogP contribution in [0, 0.1) is 11.8 Å². The lowest BCUT2D eigenvalue weighted by atomic mass is 9.91. The number of piperidine rings is 1. The molecule has 2 rings (SSSR count). The Kier molecular flexibility index (Phi) is 5.84. The third-order valence-electron chi connectivity index (χ3n) is 4.16. The fourth-order valence-corrected chi connectivity index (χ4v) is 3.02. The van der Waals surface area contributed by atoms with Gasteiger partial charge in [0, 0.05) is 19.6 Å². The van der Waals surface area contributed by atoms with Gasteiger partial charge in [-0.3, -0.25) is 4.79 Å². The Morgan fingerprint density at radius 1 is 1.35 bits per heavy atom. The second-order valence-electron chi connectivity index (χ2n) is 6.07. The van der Waals surface area contributed by atoms with Gasteiger partial charge in [-0.1, -0.05) is 25.1 Å². The standard InChI is InChI=1S/C17H24N2O4/c1-12-9-14(16(20)21)11-19(10-12)17(22)18-8-7-13-5-3-4-6-15(13)23-2/h3-6,12,14H,7-11H2,1-2H3,(H,18,22)(H,20,21). The molecule has 6 heteroatoms. The third kappa shape index (κ3) is 4.61. The van der Waals surface area contributed by atoms with Crippen LogP contribution in [0.25, 0.3) is 0 Å². The van der Waals surface area contributed by atoms with Gasteiger partial charge in [0.05, 0.1) is 13.0 Å². The third-order valence-corrected chi connectivity index (χ3v) is 4.16. The average Bonchev–Trinajstić information content (AvgIpc) is 2.54. The number of carboxylic acid groups (broad SMARTS) is 1. The quantitative estimate of drug-likeness (QED) is 0.869. The zero-order valence-corrected chi connectivity index (χ0v) is 13.6.